The van der Waals surface area contributed by atoms with Crippen LogP contribution in [0.5, 0.6) is 0 Å². The first kappa shape index (κ1) is 11.3. The van der Waals surface area contributed by atoms with Crippen LogP contribution in [-0.4, -0.2) is 18.1 Å². The first-order chi connectivity index (χ1) is 8.72. The molecule has 0 spiro atoms. The number of pyridine rings is 1. The van der Waals surface area contributed by atoms with E-state index in [1.54, 1.807) is 0 Å². The minimum atomic E-state index is 0.766. The minimum Gasteiger partial charge on any atom is -0.399 e. The van der Waals surface area contributed by atoms with Crippen molar-refractivity contribution in [2.75, 3.05) is 23.7 Å². The number of benzene rings is 1. The molecule has 3 rings (SSSR count). The number of nitrogen functional groups attached to an aromatic ring is 1. The molecule has 18 heavy (non-hydrogen) atoms. The normalized spacial score (nSPS) is 20.3. The lowest BCUT2D eigenvalue weighted by Crippen LogP contribution is -2.34. The first-order valence-corrected chi connectivity index (χ1v) is 6.63. The zero-order valence-corrected chi connectivity index (χ0v) is 10.8. The van der Waals surface area contributed by atoms with Crippen LogP contribution in [0.15, 0.2) is 30.3 Å². The molecule has 2 heterocycles. The molecular weight excluding hydrogens is 222 g/mol. The Balaban J connectivity index is 1.95. The van der Waals surface area contributed by atoms with Crippen molar-refractivity contribution in [2.45, 2.75) is 19.8 Å². The highest BCUT2D eigenvalue weighted by Gasteiger charge is 2.17. The van der Waals surface area contributed by atoms with Crippen molar-refractivity contribution >= 4 is 22.4 Å². The van der Waals surface area contributed by atoms with Crippen LogP contribution in [0.2, 0.25) is 0 Å². The van der Waals surface area contributed by atoms with Gasteiger partial charge in [0.1, 0.15) is 5.82 Å². The summed E-state index contributed by atoms with van der Waals surface area (Å²) in [5.74, 6) is 1.86. The van der Waals surface area contributed by atoms with Crippen LogP contribution < -0.4 is 10.6 Å². The van der Waals surface area contributed by atoms with E-state index < -0.39 is 0 Å². The minimum absolute atomic E-state index is 0.766. The summed E-state index contributed by atoms with van der Waals surface area (Å²) in [5, 5.41) is 1.11. The molecule has 0 amide bonds. The Morgan fingerprint density at radius 1 is 1.28 bits per heavy atom. The molecular formula is C15H19N3. The van der Waals surface area contributed by atoms with Crippen molar-refractivity contribution in [2.24, 2.45) is 5.92 Å². The van der Waals surface area contributed by atoms with Gasteiger partial charge in [-0.15, -0.1) is 0 Å². The second-order valence-corrected chi connectivity index (χ2v) is 5.32. The highest BCUT2D eigenvalue weighted by atomic mass is 15.2. The summed E-state index contributed by atoms with van der Waals surface area (Å²) in [6.07, 6.45) is 2.60. The van der Waals surface area contributed by atoms with E-state index in [9.17, 15) is 0 Å². The second-order valence-electron chi connectivity index (χ2n) is 5.32. The summed E-state index contributed by atoms with van der Waals surface area (Å²) in [4.78, 5) is 7.14. The molecule has 0 bridgehead atoms. The molecule has 2 N–H and O–H groups in total. The SMILES string of the molecule is CC1CCCN(c2ccc3cc(N)ccc3n2)C1. The smallest absolute Gasteiger partial charge is 0.129 e. The van der Waals surface area contributed by atoms with Crippen LogP contribution in [0.25, 0.3) is 10.9 Å². The van der Waals surface area contributed by atoms with E-state index in [-0.39, 0.29) is 0 Å². The van der Waals surface area contributed by atoms with Crippen molar-refractivity contribution in [1.82, 2.24) is 4.98 Å². The zero-order valence-electron chi connectivity index (χ0n) is 10.8. The van der Waals surface area contributed by atoms with Gasteiger partial charge in [-0.05, 0) is 49.1 Å². The molecule has 1 aliphatic rings. The van der Waals surface area contributed by atoms with Crippen LogP contribution in [0, 0.1) is 5.92 Å². The average Bonchev–Trinajstić information content (AvgIpc) is 2.38. The van der Waals surface area contributed by atoms with Crippen LogP contribution in [0.1, 0.15) is 19.8 Å². The van der Waals surface area contributed by atoms with Gasteiger partial charge in [0.25, 0.3) is 0 Å². The number of nitrogens with two attached hydrogens (primary N) is 1. The molecule has 3 heteroatoms. The van der Waals surface area contributed by atoms with Gasteiger partial charge in [0.2, 0.25) is 0 Å². The Hall–Kier alpha value is -1.77. The first-order valence-electron chi connectivity index (χ1n) is 6.63. The standard InChI is InChI=1S/C15H19N3/c1-11-3-2-8-18(10-11)15-7-4-12-9-13(16)5-6-14(12)17-15/h4-7,9,11H,2-3,8,10,16H2,1H3. The van der Waals surface area contributed by atoms with E-state index in [1.165, 1.54) is 12.8 Å². The molecule has 1 fully saturated rings. The highest BCUT2D eigenvalue weighted by molar-refractivity contribution is 5.83. The third-order valence-electron chi connectivity index (χ3n) is 3.68. The van der Waals surface area contributed by atoms with Gasteiger partial charge in [-0.25, -0.2) is 4.98 Å². The summed E-state index contributed by atoms with van der Waals surface area (Å²) < 4.78 is 0. The maximum absolute atomic E-state index is 5.78. The molecule has 1 aromatic carbocycles. The molecule has 94 valence electrons. The Kier molecular flexibility index (Phi) is 2.82. The number of anilines is 2. The van der Waals surface area contributed by atoms with Gasteiger partial charge in [-0.3, -0.25) is 0 Å². The van der Waals surface area contributed by atoms with Crippen molar-refractivity contribution in [3.63, 3.8) is 0 Å². The lowest BCUT2D eigenvalue weighted by molar-refractivity contribution is 0.445. The quantitative estimate of drug-likeness (QED) is 0.780. The van der Waals surface area contributed by atoms with Crippen LogP contribution in [0.3, 0.4) is 0 Å². The van der Waals surface area contributed by atoms with E-state index in [0.717, 1.165) is 41.4 Å². The molecule has 1 aliphatic heterocycles. The fraction of sp³-hybridized carbons (Fsp3) is 0.400. The molecule has 0 aliphatic carbocycles. The van der Waals surface area contributed by atoms with E-state index in [4.69, 9.17) is 10.7 Å². The maximum atomic E-state index is 5.78. The van der Waals surface area contributed by atoms with E-state index in [2.05, 4.69) is 24.0 Å². The van der Waals surface area contributed by atoms with Gasteiger partial charge in [-0.2, -0.15) is 0 Å². The largest absolute Gasteiger partial charge is 0.399 e. The Labute approximate surface area is 108 Å². The van der Waals surface area contributed by atoms with Crippen molar-refractivity contribution in [3.05, 3.63) is 30.3 Å². The fourth-order valence-electron chi connectivity index (χ4n) is 2.71. The number of hydrogen-bond donors (Lipinski definition) is 1. The van der Waals surface area contributed by atoms with Crippen molar-refractivity contribution in [1.29, 1.82) is 0 Å². The molecule has 0 saturated carbocycles. The van der Waals surface area contributed by atoms with Gasteiger partial charge in [-0.1, -0.05) is 6.92 Å². The number of piperidine rings is 1. The summed E-state index contributed by atoms with van der Waals surface area (Å²) >= 11 is 0. The predicted octanol–water partition coefficient (Wildman–Crippen LogP) is 3.05. The molecule has 1 unspecified atom stereocenters. The number of rotatable bonds is 1. The van der Waals surface area contributed by atoms with E-state index in [0.29, 0.717) is 0 Å². The lowest BCUT2D eigenvalue weighted by Gasteiger charge is -2.31. The second kappa shape index (κ2) is 4.48. The van der Waals surface area contributed by atoms with Gasteiger partial charge < -0.3 is 10.6 Å². The van der Waals surface area contributed by atoms with Crippen molar-refractivity contribution < 1.29 is 0 Å². The number of aromatic nitrogens is 1. The van der Waals surface area contributed by atoms with Crippen LogP contribution >= 0.6 is 0 Å². The van der Waals surface area contributed by atoms with E-state index >= 15 is 0 Å². The summed E-state index contributed by atoms with van der Waals surface area (Å²) in [6, 6.07) is 10.1. The topological polar surface area (TPSA) is 42.1 Å². The molecule has 2 aromatic rings. The summed E-state index contributed by atoms with van der Waals surface area (Å²) in [7, 11) is 0. The lowest BCUT2D eigenvalue weighted by atomic mass is 10.0. The molecule has 1 atom stereocenters. The predicted molar refractivity (Wildman–Crippen MR) is 76.8 cm³/mol. The molecule has 1 aromatic heterocycles. The van der Waals surface area contributed by atoms with E-state index in [1.807, 2.05) is 18.2 Å². The number of nitrogens with zero attached hydrogens (tertiary/aromatic N) is 2. The fourth-order valence-corrected chi connectivity index (χ4v) is 2.71. The van der Waals surface area contributed by atoms with Crippen molar-refractivity contribution in [3.8, 4) is 0 Å². The van der Waals surface area contributed by atoms with Gasteiger partial charge in [0.15, 0.2) is 0 Å². The van der Waals surface area contributed by atoms with Gasteiger partial charge >= 0.3 is 0 Å². The number of fused-ring (bicyclic) bond motifs is 1. The number of hydrogen-bond acceptors (Lipinski definition) is 3. The van der Waals surface area contributed by atoms with Crippen LogP contribution in [0.4, 0.5) is 11.5 Å². The Bertz CT molecular complexity index is 565. The maximum Gasteiger partial charge on any atom is 0.129 e. The summed E-state index contributed by atoms with van der Waals surface area (Å²) in [5.41, 5.74) is 7.61. The summed E-state index contributed by atoms with van der Waals surface area (Å²) in [6.45, 7) is 4.55. The molecule has 0 radical (unpaired) electrons. The molecule has 1 saturated heterocycles. The third kappa shape index (κ3) is 2.13. The average molecular weight is 241 g/mol. The molecule has 3 nitrogen and oxygen atoms in total. The highest BCUT2D eigenvalue weighted by Crippen LogP contribution is 2.24. The Morgan fingerprint density at radius 2 is 2.17 bits per heavy atom. The zero-order chi connectivity index (χ0) is 12.5. The van der Waals surface area contributed by atoms with Crippen LogP contribution in [-0.2, 0) is 0 Å². The third-order valence-corrected chi connectivity index (χ3v) is 3.68. The monoisotopic (exact) mass is 241 g/mol. The van der Waals surface area contributed by atoms with Gasteiger partial charge in [0.05, 0.1) is 5.52 Å². The Morgan fingerprint density at radius 3 is 3.00 bits per heavy atom. The van der Waals surface area contributed by atoms with Gasteiger partial charge in [0, 0.05) is 24.2 Å².